The van der Waals surface area contributed by atoms with Gasteiger partial charge in [0.1, 0.15) is 0 Å². The number of aliphatic hydroxyl groups excluding tert-OH is 1. The highest BCUT2D eigenvalue weighted by Crippen LogP contribution is 1.85. The third-order valence-corrected chi connectivity index (χ3v) is 0.908. The zero-order valence-corrected chi connectivity index (χ0v) is 4.79. The second kappa shape index (κ2) is 3.43. The van der Waals surface area contributed by atoms with Gasteiger partial charge in [-0.1, -0.05) is 0 Å². The Morgan fingerprint density at radius 1 is 1.88 bits per heavy atom. The van der Waals surface area contributed by atoms with E-state index in [1.807, 2.05) is 0 Å². The topological polar surface area (TPSA) is 49.3 Å². The van der Waals surface area contributed by atoms with Gasteiger partial charge in [0.2, 0.25) is 6.41 Å². The van der Waals surface area contributed by atoms with Crippen molar-refractivity contribution >= 4 is 6.41 Å². The van der Waals surface area contributed by atoms with Gasteiger partial charge >= 0.3 is 0 Å². The van der Waals surface area contributed by atoms with Crippen LogP contribution in [0.3, 0.4) is 0 Å². The second-order valence-electron chi connectivity index (χ2n) is 1.64. The van der Waals surface area contributed by atoms with Gasteiger partial charge in [0, 0.05) is 0 Å². The Labute approximate surface area is 48.7 Å². The third-order valence-electron chi connectivity index (χ3n) is 0.908. The van der Waals surface area contributed by atoms with Crippen molar-refractivity contribution in [2.45, 2.75) is 19.1 Å². The van der Waals surface area contributed by atoms with Crippen molar-refractivity contribution in [2.75, 3.05) is 0 Å². The Hall–Kier alpha value is -0.570. The molecule has 0 heterocycles. The zero-order chi connectivity index (χ0) is 6.57. The molecule has 2 atom stereocenters. The van der Waals surface area contributed by atoms with E-state index in [9.17, 15) is 4.79 Å². The van der Waals surface area contributed by atoms with Gasteiger partial charge in [0.25, 0.3) is 0 Å². The first-order valence-electron chi connectivity index (χ1n) is 2.39. The zero-order valence-electron chi connectivity index (χ0n) is 4.79. The average Bonchev–Trinajstić information content (AvgIpc) is 1.67. The first kappa shape index (κ1) is 7.43. The normalized spacial score (nSPS) is 16.9. The van der Waals surface area contributed by atoms with Crippen LogP contribution in [0.1, 0.15) is 6.92 Å². The number of aliphatic hydroxyl groups is 1. The third kappa shape index (κ3) is 2.58. The Morgan fingerprint density at radius 2 is 2.38 bits per heavy atom. The van der Waals surface area contributed by atoms with Crippen molar-refractivity contribution in [2.24, 2.45) is 0 Å². The number of carbonyl (C=O) groups excluding carboxylic acids is 1. The highest BCUT2D eigenvalue weighted by atomic mass is 16.3. The summed E-state index contributed by atoms with van der Waals surface area (Å²) in [5, 5.41) is 11.0. The Bertz CT molecular complexity index is 72.8. The van der Waals surface area contributed by atoms with Crippen molar-refractivity contribution in [3.05, 3.63) is 6.92 Å². The maximum absolute atomic E-state index is 9.67. The Balaban J connectivity index is 3.30. The molecule has 3 heteroatoms. The summed E-state index contributed by atoms with van der Waals surface area (Å²) in [6, 6.07) is -0.257. The number of nitrogens with one attached hydrogen (secondary N) is 1. The average molecular weight is 116 g/mol. The molecule has 0 aliphatic carbocycles. The fourth-order valence-corrected chi connectivity index (χ4v) is 0.218. The smallest absolute Gasteiger partial charge is 0.207 e. The van der Waals surface area contributed by atoms with Crippen LogP contribution in [0, 0.1) is 6.92 Å². The van der Waals surface area contributed by atoms with Crippen LogP contribution in [0.25, 0.3) is 0 Å². The fraction of sp³-hybridized carbons (Fsp3) is 0.600. The van der Waals surface area contributed by atoms with E-state index >= 15 is 0 Å². The van der Waals surface area contributed by atoms with Crippen molar-refractivity contribution in [3.63, 3.8) is 0 Å². The van der Waals surface area contributed by atoms with Crippen LogP contribution in [0.5, 0.6) is 0 Å². The summed E-state index contributed by atoms with van der Waals surface area (Å²) in [7, 11) is 0. The molecule has 0 bridgehead atoms. The van der Waals surface area contributed by atoms with E-state index in [-0.39, 0.29) is 6.04 Å². The number of rotatable bonds is 3. The van der Waals surface area contributed by atoms with Crippen LogP contribution in [0.4, 0.5) is 0 Å². The maximum atomic E-state index is 9.67. The standard InChI is InChI=1S/C5H10NO2/c1-4(5(2)8)6-3-7/h3-5,8H,2H2,1H3,(H,6,7). The van der Waals surface area contributed by atoms with Crippen LogP contribution in [0.15, 0.2) is 0 Å². The van der Waals surface area contributed by atoms with Gasteiger partial charge in [-0.15, -0.1) is 0 Å². The van der Waals surface area contributed by atoms with E-state index in [0.29, 0.717) is 6.41 Å². The summed E-state index contributed by atoms with van der Waals surface area (Å²) < 4.78 is 0. The van der Waals surface area contributed by atoms with Crippen molar-refractivity contribution in [1.82, 2.24) is 5.32 Å². The lowest BCUT2D eigenvalue weighted by molar-refractivity contribution is -0.110. The van der Waals surface area contributed by atoms with Crippen molar-refractivity contribution in [1.29, 1.82) is 0 Å². The van der Waals surface area contributed by atoms with Crippen molar-refractivity contribution in [3.8, 4) is 0 Å². The van der Waals surface area contributed by atoms with Crippen LogP contribution < -0.4 is 5.32 Å². The minimum Gasteiger partial charge on any atom is -0.391 e. The summed E-state index contributed by atoms with van der Waals surface area (Å²) in [5.41, 5.74) is 0. The number of hydrogen-bond donors (Lipinski definition) is 2. The van der Waals surface area contributed by atoms with E-state index < -0.39 is 6.10 Å². The summed E-state index contributed by atoms with van der Waals surface area (Å²) >= 11 is 0. The Morgan fingerprint density at radius 3 is 2.50 bits per heavy atom. The minimum absolute atomic E-state index is 0.257. The molecule has 0 aromatic carbocycles. The van der Waals surface area contributed by atoms with Gasteiger partial charge in [-0.3, -0.25) is 4.79 Å². The molecule has 2 N–H and O–H groups in total. The summed E-state index contributed by atoms with van der Waals surface area (Å²) in [5.74, 6) is 0. The summed E-state index contributed by atoms with van der Waals surface area (Å²) in [6.07, 6.45) is -0.181. The highest BCUT2D eigenvalue weighted by molar-refractivity contribution is 5.46. The van der Waals surface area contributed by atoms with Gasteiger partial charge in [-0.2, -0.15) is 0 Å². The van der Waals surface area contributed by atoms with Gasteiger partial charge < -0.3 is 10.4 Å². The molecule has 1 amide bonds. The van der Waals surface area contributed by atoms with Gasteiger partial charge in [-0.05, 0) is 13.8 Å². The van der Waals surface area contributed by atoms with Crippen LogP contribution >= 0.6 is 0 Å². The van der Waals surface area contributed by atoms with Crippen molar-refractivity contribution < 1.29 is 9.90 Å². The lowest BCUT2D eigenvalue weighted by Crippen LogP contribution is -2.34. The molecule has 0 rings (SSSR count). The lowest BCUT2D eigenvalue weighted by atomic mass is 10.2. The van der Waals surface area contributed by atoms with Crippen LogP contribution in [-0.2, 0) is 4.79 Å². The van der Waals surface area contributed by atoms with Gasteiger partial charge in [-0.25, -0.2) is 0 Å². The molecule has 0 saturated carbocycles. The lowest BCUT2D eigenvalue weighted by Gasteiger charge is -2.11. The predicted molar refractivity (Wildman–Crippen MR) is 30.0 cm³/mol. The monoisotopic (exact) mass is 116 g/mol. The van der Waals surface area contributed by atoms with E-state index in [0.717, 1.165) is 0 Å². The van der Waals surface area contributed by atoms with Gasteiger partial charge in [0.15, 0.2) is 0 Å². The fourth-order valence-electron chi connectivity index (χ4n) is 0.218. The number of amides is 1. The van der Waals surface area contributed by atoms with E-state index in [1.165, 1.54) is 0 Å². The van der Waals surface area contributed by atoms with E-state index in [4.69, 9.17) is 5.11 Å². The molecular formula is C5H10NO2. The van der Waals surface area contributed by atoms with Crippen LogP contribution in [0.2, 0.25) is 0 Å². The quantitative estimate of drug-likeness (QED) is 0.480. The molecule has 1 radical (unpaired) electrons. The van der Waals surface area contributed by atoms with E-state index in [1.54, 1.807) is 6.92 Å². The molecule has 3 nitrogen and oxygen atoms in total. The molecule has 0 aliphatic heterocycles. The molecule has 0 saturated heterocycles. The number of carbonyl (C=O) groups is 1. The molecule has 0 spiro atoms. The molecule has 2 unspecified atom stereocenters. The van der Waals surface area contributed by atoms with E-state index in [2.05, 4.69) is 12.2 Å². The molecule has 47 valence electrons. The van der Waals surface area contributed by atoms with Crippen LogP contribution in [-0.4, -0.2) is 23.7 Å². The first-order chi connectivity index (χ1) is 3.68. The summed E-state index contributed by atoms with van der Waals surface area (Å²) in [6.45, 7) is 4.96. The Kier molecular flexibility index (Phi) is 3.19. The van der Waals surface area contributed by atoms with Gasteiger partial charge in [0.05, 0.1) is 12.1 Å². The SMILES string of the molecule is [CH2]C(O)C(C)NC=O. The first-order valence-corrected chi connectivity index (χ1v) is 2.39. The highest BCUT2D eigenvalue weighted by Gasteiger charge is 2.04. The minimum atomic E-state index is -0.722. The number of hydrogen-bond acceptors (Lipinski definition) is 2. The molecule has 0 aliphatic rings. The largest absolute Gasteiger partial charge is 0.391 e. The maximum Gasteiger partial charge on any atom is 0.207 e. The molecule has 8 heavy (non-hydrogen) atoms. The molecule has 0 aromatic heterocycles. The molecule has 0 fully saturated rings. The summed E-state index contributed by atoms with van der Waals surface area (Å²) in [4.78, 5) is 9.67. The second-order valence-corrected chi connectivity index (χ2v) is 1.64. The predicted octanol–water partition coefficient (Wildman–Crippen LogP) is -0.684. The molecular weight excluding hydrogens is 106 g/mol. The molecule has 0 aromatic rings.